The molecule has 7 heteroatoms. The van der Waals surface area contributed by atoms with Crippen molar-refractivity contribution in [2.45, 2.75) is 19.1 Å². The van der Waals surface area contributed by atoms with Crippen LogP contribution >= 0.6 is 23.2 Å². The molecule has 0 saturated heterocycles. The fourth-order valence-electron chi connectivity index (χ4n) is 2.12. The second-order valence-corrected chi connectivity index (χ2v) is 6.07. The van der Waals surface area contributed by atoms with E-state index in [0.717, 1.165) is 5.56 Å². The fraction of sp³-hybridized carbons (Fsp3) is 0.333. The van der Waals surface area contributed by atoms with E-state index in [0.29, 0.717) is 22.2 Å². The minimum Gasteiger partial charge on any atom is -0.388 e. The standard InChI is InChI=1S/C15H17Cl2N3O2/c1-19(8-10-7-18-20(2)9-10)15(22)6-14(21)11-3-12(16)5-13(17)4-11/h3-5,7,9,14,21H,6,8H2,1-2H3. The van der Waals surface area contributed by atoms with Crippen molar-refractivity contribution in [3.8, 4) is 0 Å². The Morgan fingerprint density at radius 1 is 1.36 bits per heavy atom. The highest BCUT2D eigenvalue weighted by atomic mass is 35.5. The molecule has 118 valence electrons. The van der Waals surface area contributed by atoms with E-state index in [1.54, 1.807) is 41.0 Å². The predicted molar refractivity (Wildman–Crippen MR) is 85.7 cm³/mol. The molecule has 2 aromatic rings. The predicted octanol–water partition coefficient (Wildman–Crippen LogP) is 2.81. The zero-order valence-corrected chi connectivity index (χ0v) is 13.8. The molecule has 1 aromatic carbocycles. The number of benzene rings is 1. The second kappa shape index (κ2) is 7.13. The van der Waals surface area contributed by atoms with Gasteiger partial charge >= 0.3 is 0 Å². The van der Waals surface area contributed by atoms with E-state index in [4.69, 9.17) is 23.2 Å². The van der Waals surface area contributed by atoms with Gasteiger partial charge in [0.05, 0.1) is 18.7 Å². The Kier molecular flexibility index (Phi) is 5.45. The monoisotopic (exact) mass is 341 g/mol. The molecule has 2 rings (SSSR count). The number of carbonyl (C=O) groups is 1. The summed E-state index contributed by atoms with van der Waals surface area (Å²) in [4.78, 5) is 13.7. The van der Waals surface area contributed by atoms with E-state index in [1.165, 1.54) is 0 Å². The van der Waals surface area contributed by atoms with Crippen LogP contribution in [0.25, 0.3) is 0 Å². The van der Waals surface area contributed by atoms with E-state index >= 15 is 0 Å². The van der Waals surface area contributed by atoms with Crippen molar-refractivity contribution in [3.05, 3.63) is 51.8 Å². The molecule has 0 saturated carbocycles. The van der Waals surface area contributed by atoms with Gasteiger partial charge in [0, 0.05) is 42.4 Å². The van der Waals surface area contributed by atoms with Crippen molar-refractivity contribution in [3.63, 3.8) is 0 Å². The summed E-state index contributed by atoms with van der Waals surface area (Å²) >= 11 is 11.8. The Labute approximate surface area is 139 Å². The van der Waals surface area contributed by atoms with Crippen LogP contribution in [0.2, 0.25) is 10.0 Å². The van der Waals surface area contributed by atoms with Crippen LogP contribution in [-0.4, -0.2) is 32.7 Å². The van der Waals surface area contributed by atoms with Crippen LogP contribution in [0.4, 0.5) is 0 Å². The highest BCUT2D eigenvalue weighted by Crippen LogP contribution is 2.25. The number of hydrogen-bond acceptors (Lipinski definition) is 3. The lowest BCUT2D eigenvalue weighted by Crippen LogP contribution is -2.27. The van der Waals surface area contributed by atoms with Crippen molar-refractivity contribution in [2.75, 3.05) is 7.05 Å². The molecule has 0 aliphatic rings. The zero-order valence-electron chi connectivity index (χ0n) is 12.3. The lowest BCUT2D eigenvalue weighted by Gasteiger charge is -2.19. The zero-order chi connectivity index (χ0) is 16.3. The first-order valence-electron chi connectivity index (χ1n) is 6.70. The number of aliphatic hydroxyl groups is 1. The number of aliphatic hydroxyl groups excluding tert-OH is 1. The normalized spacial score (nSPS) is 12.2. The van der Waals surface area contributed by atoms with Gasteiger partial charge in [0.15, 0.2) is 0 Å². The maximum absolute atomic E-state index is 12.2. The molecule has 0 aliphatic heterocycles. The van der Waals surface area contributed by atoms with Crippen molar-refractivity contribution in [1.29, 1.82) is 0 Å². The van der Waals surface area contributed by atoms with Gasteiger partial charge in [0.2, 0.25) is 5.91 Å². The summed E-state index contributed by atoms with van der Waals surface area (Å²) in [7, 11) is 3.50. The minimum absolute atomic E-state index is 0.0343. The first-order valence-corrected chi connectivity index (χ1v) is 7.46. The van der Waals surface area contributed by atoms with Crippen molar-refractivity contribution in [2.24, 2.45) is 7.05 Å². The largest absolute Gasteiger partial charge is 0.388 e. The highest BCUT2D eigenvalue weighted by molar-refractivity contribution is 6.34. The Bertz CT molecular complexity index is 652. The number of amides is 1. The molecular weight excluding hydrogens is 325 g/mol. The molecule has 0 bridgehead atoms. The average Bonchev–Trinajstić information content (AvgIpc) is 2.82. The maximum Gasteiger partial charge on any atom is 0.225 e. The number of nitrogens with zero attached hydrogens (tertiary/aromatic N) is 3. The summed E-state index contributed by atoms with van der Waals surface area (Å²) in [6, 6.07) is 4.79. The topological polar surface area (TPSA) is 58.4 Å². The summed E-state index contributed by atoms with van der Waals surface area (Å²) in [6.07, 6.45) is 2.57. The number of rotatable bonds is 5. The molecule has 0 fully saturated rings. The molecule has 22 heavy (non-hydrogen) atoms. The van der Waals surface area contributed by atoms with Gasteiger partial charge in [-0.1, -0.05) is 23.2 Å². The van der Waals surface area contributed by atoms with E-state index in [-0.39, 0.29) is 12.3 Å². The molecule has 1 N–H and O–H groups in total. The first-order chi connectivity index (χ1) is 10.3. The van der Waals surface area contributed by atoms with Crippen molar-refractivity contribution < 1.29 is 9.90 Å². The quantitative estimate of drug-likeness (QED) is 0.909. The Hall–Kier alpha value is -1.56. The second-order valence-electron chi connectivity index (χ2n) is 5.19. The molecule has 0 spiro atoms. The van der Waals surface area contributed by atoms with Crippen LogP contribution in [0.3, 0.4) is 0 Å². The summed E-state index contributed by atoms with van der Waals surface area (Å²) in [5.74, 6) is -0.174. The Balaban J connectivity index is 1.98. The van der Waals surface area contributed by atoms with Gasteiger partial charge in [0.25, 0.3) is 0 Å². The molecule has 1 unspecified atom stereocenters. The Morgan fingerprint density at radius 3 is 2.55 bits per heavy atom. The van der Waals surface area contributed by atoms with Crippen LogP contribution in [-0.2, 0) is 18.4 Å². The van der Waals surface area contributed by atoms with Gasteiger partial charge < -0.3 is 10.0 Å². The van der Waals surface area contributed by atoms with Crippen molar-refractivity contribution >= 4 is 29.1 Å². The number of hydrogen-bond donors (Lipinski definition) is 1. The maximum atomic E-state index is 12.2. The third-order valence-electron chi connectivity index (χ3n) is 3.24. The third kappa shape index (κ3) is 4.47. The highest BCUT2D eigenvalue weighted by Gasteiger charge is 2.17. The number of carbonyl (C=O) groups excluding carboxylic acids is 1. The van der Waals surface area contributed by atoms with Crippen LogP contribution in [0.5, 0.6) is 0 Å². The van der Waals surface area contributed by atoms with Crippen LogP contribution in [0.1, 0.15) is 23.7 Å². The summed E-state index contributed by atoms with van der Waals surface area (Å²) in [5.41, 5.74) is 1.46. The Morgan fingerprint density at radius 2 is 2.00 bits per heavy atom. The van der Waals surface area contributed by atoms with Gasteiger partial charge in [-0.2, -0.15) is 5.10 Å². The van der Waals surface area contributed by atoms with Gasteiger partial charge in [-0.15, -0.1) is 0 Å². The number of halogens is 2. The fourth-order valence-corrected chi connectivity index (χ4v) is 2.67. The molecule has 5 nitrogen and oxygen atoms in total. The molecule has 0 aliphatic carbocycles. The SMILES string of the molecule is CN(Cc1cnn(C)c1)C(=O)CC(O)c1cc(Cl)cc(Cl)c1. The molecule has 1 heterocycles. The summed E-state index contributed by atoms with van der Waals surface area (Å²) in [5, 5.41) is 15.1. The average molecular weight is 342 g/mol. The van der Waals surface area contributed by atoms with Crippen LogP contribution in [0, 0.1) is 0 Å². The van der Waals surface area contributed by atoms with Gasteiger partial charge in [0.1, 0.15) is 0 Å². The molecule has 0 radical (unpaired) electrons. The first kappa shape index (κ1) is 16.8. The number of aryl methyl sites for hydroxylation is 1. The minimum atomic E-state index is -0.944. The van der Waals surface area contributed by atoms with E-state index < -0.39 is 6.10 Å². The molecule has 1 amide bonds. The third-order valence-corrected chi connectivity index (χ3v) is 3.68. The summed E-state index contributed by atoms with van der Waals surface area (Å²) < 4.78 is 1.68. The number of aromatic nitrogens is 2. The molecule has 1 atom stereocenters. The van der Waals surface area contributed by atoms with Crippen LogP contribution in [0.15, 0.2) is 30.6 Å². The van der Waals surface area contributed by atoms with Crippen molar-refractivity contribution in [1.82, 2.24) is 14.7 Å². The summed E-state index contributed by atoms with van der Waals surface area (Å²) in [6.45, 7) is 0.440. The van der Waals surface area contributed by atoms with Gasteiger partial charge in [-0.05, 0) is 23.8 Å². The molecule has 1 aromatic heterocycles. The van der Waals surface area contributed by atoms with Crippen LogP contribution < -0.4 is 0 Å². The lowest BCUT2D eigenvalue weighted by molar-refractivity contribution is -0.132. The van der Waals surface area contributed by atoms with E-state index in [1.807, 2.05) is 13.2 Å². The van der Waals surface area contributed by atoms with E-state index in [2.05, 4.69) is 5.10 Å². The van der Waals surface area contributed by atoms with Gasteiger partial charge in [-0.25, -0.2) is 0 Å². The van der Waals surface area contributed by atoms with Gasteiger partial charge in [-0.3, -0.25) is 9.48 Å². The molecular formula is C15H17Cl2N3O2. The smallest absolute Gasteiger partial charge is 0.225 e. The lowest BCUT2D eigenvalue weighted by atomic mass is 10.1. The van der Waals surface area contributed by atoms with E-state index in [9.17, 15) is 9.90 Å².